The van der Waals surface area contributed by atoms with Crippen molar-refractivity contribution >= 4 is 6.21 Å². The van der Waals surface area contributed by atoms with Crippen LogP contribution in [0.15, 0.2) is 59.6 Å². The van der Waals surface area contributed by atoms with Crippen LogP contribution < -0.4 is 0 Å². The first kappa shape index (κ1) is 13.3. The van der Waals surface area contributed by atoms with Crippen molar-refractivity contribution in [1.29, 1.82) is 0 Å². The third kappa shape index (κ3) is 4.23. The lowest BCUT2D eigenvalue weighted by Gasteiger charge is -2.09. The summed E-state index contributed by atoms with van der Waals surface area (Å²) >= 11 is 0. The van der Waals surface area contributed by atoms with E-state index < -0.39 is 0 Å². The van der Waals surface area contributed by atoms with Crippen molar-refractivity contribution in [2.24, 2.45) is 4.99 Å². The molecule has 3 nitrogen and oxygen atoms in total. The minimum atomic E-state index is -0.142. The zero-order chi connectivity index (χ0) is 13.5. The average Bonchev–Trinajstić information content (AvgIpc) is 2.46. The van der Waals surface area contributed by atoms with Crippen molar-refractivity contribution in [1.82, 2.24) is 0 Å². The van der Waals surface area contributed by atoms with E-state index in [4.69, 9.17) is 0 Å². The van der Waals surface area contributed by atoms with Gasteiger partial charge in [-0.15, -0.1) is 0 Å². The molecule has 0 heterocycles. The van der Waals surface area contributed by atoms with Gasteiger partial charge in [-0.3, -0.25) is 4.99 Å². The number of benzene rings is 2. The molecule has 0 radical (unpaired) electrons. The first-order chi connectivity index (χ1) is 9.28. The Bertz CT molecular complexity index is 520. The van der Waals surface area contributed by atoms with Gasteiger partial charge >= 0.3 is 0 Å². The quantitative estimate of drug-likeness (QED) is 0.806. The summed E-state index contributed by atoms with van der Waals surface area (Å²) in [4.78, 5) is 4.38. The standard InChI is InChI=1S/C16H17NO2/c18-12-15(10-13-4-2-1-3-5-13)17-11-14-6-8-16(19)9-7-14/h1-9,11,15,18-19H,10,12H2/t15-/m0/s1. The van der Waals surface area contributed by atoms with Crippen molar-refractivity contribution in [2.45, 2.75) is 12.5 Å². The molecule has 2 aromatic rings. The molecule has 2 aromatic carbocycles. The highest BCUT2D eigenvalue weighted by Gasteiger charge is 2.05. The SMILES string of the molecule is OC[C@H](Cc1ccccc1)N=Cc1ccc(O)cc1. The monoisotopic (exact) mass is 255 g/mol. The Kier molecular flexibility index (Phi) is 4.70. The molecule has 19 heavy (non-hydrogen) atoms. The number of phenols is 1. The molecule has 98 valence electrons. The van der Waals surface area contributed by atoms with Crippen LogP contribution in [0.4, 0.5) is 0 Å². The van der Waals surface area contributed by atoms with E-state index in [1.54, 1.807) is 30.5 Å². The fourth-order valence-corrected chi connectivity index (χ4v) is 1.80. The maximum atomic E-state index is 9.36. The smallest absolute Gasteiger partial charge is 0.115 e. The Morgan fingerprint density at radius 1 is 1.00 bits per heavy atom. The van der Waals surface area contributed by atoms with Crippen LogP contribution >= 0.6 is 0 Å². The van der Waals surface area contributed by atoms with Gasteiger partial charge < -0.3 is 10.2 Å². The summed E-state index contributed by atoms with van der Waals surface area (Å²) in [5.74, 6) is 0.236. The van der Waals surface area contributed by atoms with Crippen molar-refractivity contribution in [3.05, 3.63) is 65.7 Å². The molecule has 3 heteroatoms. The van der Waals surface area contributed by atoms with Crippen LogP contribution in [0.2, 0.25) is 0 Å². The highest BCUT2D eigenvalue weighted by Crippen LogP contribution is 2.09. The number of aromatic hydroxyl groups is 1. The van der Waals surface area contributed by atoms with Gasteiger partial charge in [0.15, 0.2) is 0 Å². The van der Waals surface area contributed by atoms with E-state index in [0.29, 0.717) is 6.42 Å². The van der Waals surface area contributed by atoms with Gasteiger partial charge in [-0.05, 0) is 41.8 Å². The Balaban J connectivity index is 2.00. The van der Waals surface area contributed by atoms with Crippen LogP contribution in [-0.2, 0) is 6.42 Å². The predicted octanol–water partition coefficient (Wildman–Crippen LogP) is 2.41. The van der Waals surface area contributed by atoms with Gasteiger partial charge in [0.1, 0.15) is 5.75 Å². The molecule has 0 amide bonds. The topological polar surface area (TPSA) is 52.8 Å². The molecule has 0 aromatic heterocycles. The third-order valence-electron chi connectivity index (χ3n) is 2.85. The maximum Gasteiger partial charge on any atom is 0.115 e. The van der Waals surface area contributed by atoms with E-state index in [-0.39, 0.29) is 18.4 Å². The Morgan fingerprint density at radius 3 is 2.32 bits per heavy atom. The van der Waals surface area contributed by atoms with Crippen LogP contribution in [0.5, 0.6) is 5.75 Å². The van der Waals surface area contributed by atoms with Gasteiger partial charge in [-0.25, -0.2) is 0 Å². The molecular weight excluding hydrogens is 238 g/mol. The summed E-state index contributed by atoms with van der Waals surface area (Å²) < 4.78 is 0. The fourth-order valence-electron chi connectivity index (χ4n) is 1.80. The molecule has 0 unspecified atom stereocenters. The Morgan fingerprint density at radius 2 is 1.68 bits per heavy atom. The molecule has 2 rings (SSSR count). The van der Waals surface area contributed by atoms with E-state index in [9.17, 15) is 10.2 Å². The van der Waals surface area contributed by atoms with Crippen LogP contribution in [0.3, 0.4) is 0 Å². The second-order valence-electron chi connectivity index (χ2n) is 4.40. The second kappa shape index (κ2) is 6.71. The summed E-state index contributed by atoms with van der Waals surface area (Å²) in [6.07, 6.45) is 2.44. The van der Waals surface area contributed by atoms with Gasteiger partial charge in [-0.2, -0.15) is 0 Å². The lowest BCUT2D eigenvalue weighted by molar-refractivity contribution is 0.266. The first-order valence-corrected chi connectivity index (χ1v) is 6.25. The molecule has 0 aliphatic rings. The highest BCUT2D eigenvalue weighted by molar-refractivity contribution is 5.79. The lowest BCUT2D eigenvalue weighted by Crippen LogP contribution is -2.14. The number of phenolic OH excluding ortho intramolecular Hbond substituents is 1. The number of rotatable bonds is 5. The van der Waals surface area contributed by atoms with Crippen LogP contribution in [-0.4, -0.2) is 29.1 Å². The molecule has 2 N–H and O–H groups in total. The number of nitrogens with zero attached hydrogens (tertiary/aromatic N) is 1. The summed E-state index contributed by atoms with van der Waals surface area (Å²) in [7, 11) is 0. The number of hydrogen-bond acceptors (Lipinski definition) is 3. The minimum absolute atomic E-state index is 0.0173. The molecule has 0 bridgehead atoms. The third-order valence-corrected chi connectivity index (χ3v) is 2.85. The van der Waals surface area contributed by atoms with Gasteiger partial charge in [-0.1, -0.05) is 30.3 Å². The largest absolute Gasteiger partial charge is 0.508 e. The van der Waals surface area contributed by atoms with Gasteiger partial charge in [0.25, 0.3) is 0 Å². The molecule has 0 spiro atoms. The molecule has 0 saturated carbocycles. The van der Waals surface area contributed by atoms with Gasteiger partial charge in [0.2, 0.25) is 0 Å². The van der Waals surface area contributed by atoms with Gasteiger partial charge in [0, 0.05) is 6.21 Å². The molecule has 0 aliphatic carbocycles. The maximum absolute atomic E-state index is 9.36. The number of aliphatic hydroxyl groups excluding tert-OH is 1. The van der Waals surface area contributed by atoms with Crippen molar-refractivity contribution in [2.75, 3.05) is 6.61 Å². The Hall–Kier alpha value is -2.13. The summed E-state index contributed by atoms with van der Waals surface area (Å²) in [5, 5.41) is 18.5. The van der Waals surface area contributed by atoms with Crippen LogP contribution in [0, 0.1) is 0 Å². The van der Waals surface area contributed by atoms with Crippen molar-refractivity contribution < 1.29 is 10.2 Å². The number of aliphatic hydroxyl groups is 1. The van der Waals surface area contributed by atoms with E-state index in [2.05, 4.69) is 4.99 Å². The van der Waals surface area contributed by atoms with E-state index in [0.717, 1.165) is 11.1 Å². The molecule has 0 fully saturated rings. The molecular formula is C16H17NO2. The average molecular weight is 255 g/mol. The second-order valence-corrected chi connectivity index (χ2v) is 4.40. The predicted molar refractivity (Wildman–Crippen MR) is 76.7 cm³/mol. The first-order valence-electron chi connectivity index (χ1n) is 6.25. The molecule has 1 atom stereocenters. The lowest BCUT2D eigenvalue weighted by atomic mass is 10.1. The van der Waals surface area contributed by atoms with E-state index in [1.165, 1.54) is 0 Å². The molecule has 0 saturated heterocycles. The highest BCUT2D eigenvalue weighted by atomic mass is 16.3. The van der Waals surface area contributed by atoms with Crippen molar-refractivity contribution in [3.63, 3.8) is 0 Å². The van der Waals surface area contributed by atoms with E-state index >= 15 is 0 Å². The summed E-state index contributed by atoms with van der Waals surface area (Å²) in [6.45, 7) is 0.0173. The summed E-state index contributed by atoms with van der Waals surface area (Å²) in [6, 6.07) is 16.6. The zero-order valence-electron chi connectivity index (χ0n) is 10.6. The fraction of sp³-hybridized carbons (Fsp3) is 0.188. The van der Waals surface area contributed by atoms with Gasteiger partial charge in [0.05, 0.1) is 12.6 Å². The number of hydrogen-bond donors (Lipinski definition) is 2. The Labute approximate surface area is 112 Å². The van der Waals surface area contributed by atoms with E-state index in [1.807, 2.05) is 30.3 Å². The zero-order valence-corrected chi connectivity index (χ0v) is 10.6. The molecule has 0 aliphatic heterocycles. The number of aliphatic imine (C=N–C) groups is 1. The van der Waals surface area contributed by atoms with Crippen molar-refractivity contribution in [3.8, 4) is 5.75 Å². The normalized spacial score (nSPS) is 12.7. The summed E-state index contributed by atoms with van der Waals surface area (Å²) in [5.41, 5.74) is 2.06. The minimum Gasteiger partial charge on any atom is -0.508 e. The van der Waals surface area contributed by atoms with Crippen LogP contribution in [0.25, 0.3) is 0 Å². The van der Waals surface area contributed by atoms with Crippen LogP contribution in [0.1, 0.15) is 11.1 Å².